The standard InChI is InChI=1S/C17H15FN2O/c18-15-7-3-4-8-16(15)19-10-12-20-11-9-13-5-1-2-6-14(13)17(20)21/h1-9,11,19H,10,12H2. The summed E-state index contributed by atoms with van der Waals surface area (Å²) in [6.07, 6.45) is 1.77. The number of aromatic nitrogens is 1. The van der Waals surface area contributed by atoms with Gasteiger partial charge in [-0.1, -0.05) is 30.3 Å². The molecule has 0 atom stereocenters. The third kappa shape index (κ3) is 2.79. The van der Waals surface area contributed by atoms with E-state index in [1.165, 1.54) is 6.07 Å². The van der Waals surface area contributed by atoms with Gasteiger partial charge < -0.3 is 9.88 Å². The first-order chi connectivity index (χ1) is 10.3. The Morgan fingerprint density at radius 2 is 1.76 bits per heavy atom. The maximum atomic E-state index is 13.5. The second-order valence-electron chi connectivity index (χ2n) is 4.81. The summed E-state index contributed by atoms with van der Waals surface area (Å²) in [6.45, 7) is 0.969. The van der Waals surface area contributed by atoms with Crippen LogP contribution < -0.4 is 10.9 Å². The highest BCUT2D eigenvalue weighted by molar-refractivity contribution is 5.81. The third-order valence-electron chi connectivity index (χ3n) is 3.43. The number of nitrogens with one attached hydrogen (secondary N) is 1. The molecule has 3 nitrogen and oxygen atoms in total. The molecule has 0 bridgehead atoms. The van der Waals surface area contributed by atoms with Gasteiger partial charge in [0.05, 0.1) is 5.69 Å². The number of nitrogens with zero attached hydrogens (tertiary/aromatic N) is 1. The Hall–Kier alpha value is -2.62. The van der Waals surface area contributed by atoms with E-state index in [1.54, 1.807) is 29.0 Å². The van der Waals surface area contributed by atoms with Crippen LogP contribution in [0.2, 0.25) is 0 Å². The van der Waals surface area contributed by atoms with E-state index in [1.807, 2.05) is 30.3 Å². The highest BCUT2D eigenvalue weighted by atomic mass is 19.1. The van der Waals surface area contributed by atoms with Crippen molar-refractivity contribution in [3.05, 3.63) is 77.0 Å². The average Bonchev–Trinajstić information content (AvgIpc) is 2.52. The summed E-state index contributed by atoms with van der Waals surface area (Å²) in [6, 6.07) is 15.9. The van der Waals surface area contributed by atoms with Gasteiger partial charge in [0.2, 0.25) is 0 Å². The fourth-order valence-electron chi connectivity index (χ4n) is 2.32. The van der Waals surface area contributed by atoms with Gasteiger partial charge in [-0.05, 0) is 29.7 Å². The monoisotopic (exact) mass is 282 g/mol. The van der Waals surface area contributed by atoms with Crippen molar-refractivity contribution in [2.75, 3.05) is 11.9 Å². The molecule has 0 aliphatic heterocycles. The van der Waals surface area contributed by atoms with E-state index in [9.17, 15) is 9.18 Å². The number of fused-ring (bicyclic) bond motifs is 1. The molecule has 0 unspecified atom stereocenters. The van der Waals surface area contributed by atoms with Crippen LogP contribution in [-0.2, 0) is 6.54 Å². The van der Waals surface area contributed by atoms with Gasteiger partial charge in [0.15, 0.2) is 0 Å². The molecule has 0 amide bonds. The number of pyridine rings is 1. The van der Waals surface area contributed by atoms with Crippen molar-refractivity contribution in [1.82, 2.24) is 4.57 Å². The lowest BCUT2D eigenvalue weighted by atomic mass is 10.2. The molecular weight excluding hydrogens is 267 g/mol. The minimum absolute atomic E-state index is 0.0246. The number of para-hydroxylation sites is 1. The predicted molar refractivity (Wildman–Crippen MR) is 83.1 cm³/mol. The van der Waals surface area contributed by atoms with Crippen LogP contribution in [0.3, 0.4) is 0 Å². The number of hydrogen-bond donors (Lipinski definition) is 1. The van der Waals surface area contributed by atoms with Crippen LogP contribution in [0.4, 0.5) is 10.1 Å². The first-order valence-corrected chi connectivity index (χ1v) is 6.82. The first-order valence-electron chi connectivity index (χ1n) is 6.82. The highest BCUT2D eigenvalue weighted by Crippen LogP contribution is 2.12. The lowest BCUT2D eigenvalue weighted by molar-refractivity contribution is 0.627. The van der Waals surface area contributed by atoms with Gasteiger partial charge in [0, 0.05) is 24.7 Å². The molecule has 0 aliphatic carbocycles. The van der Waals surface area contributed by atoms with E-state index in [-0.39, 0.29) is 11.4 Å². The fraction of sp³-hybridized carbons (Fsp3) is 0.118. The highest BCUT2D eigenvalue weighted by Gasteiger charge is 2.03. The molecule has 0 saturated carbocycles. The van der Waals surface area contributed by atoms with Crippen molar-refractivity contribution in [2.24, 2.45) is 0 Å². The molecule has 3 rings (SSSR count). The summed E-state index contributed by atoms with van der Waals surface area (Å²) in [7, 11) is 0. The van der Waals surface area contributed by atoms with Crippen LogP contribution in [0, 0.1) is 5.82 Å². The van der Waals surface area contributed by atoms with Crippen molar-refractivity contribution in [2.45, 2.75) is 6.54 Å². The minimum Gasteiger partial charge on any atom is -0.381 e. The SMILES string of the molecule is O=c1c2ccccc2ccn1CCNc1ccccc1F. The Morgan fingerprint density at radius 1 is 1.00 bits per heavy atom. The summed E-state index contributed by atoms with van der Waals surface area (Å²) in [5.74, 6) is -0.289. The summed E-state index contributed by atoms with van der Waals surface area (Å²) in [4.78, 5) is 12.3. The van der Waals surface area contributed by atoms with Gasteiger partial charge >= 0.3 is 0 Å². The summed E-state index contributed by atoms with van der Waals surface area (Å²) in [5.41, 5.74) is 0.426. The zero-order chi connectivity index (χ0) is 14.7. The van der Waals surface area contributed by atoms with Crippen LogP contribution in [0.1, 0.15) is 0 Å². The van der Waals surface area contributed by atoms with Crippen molar-refractivity contribution < 1.29 is 4.39 Å². The van der Waals surface area contributed by atoms with Gasteiger partial charge in [0.25, 0.3) is 5.56 Å². The molecule has 0 radical (unpaired) electrons. The maximum absolute atomic E-state index is 13.5. The first kappa shape index (κ1) is 13.4. The molecule has 0 fully saturated rings. The van der Waals surface area contributed by atoms with E-state index in [0.717, 1.165) is 5.39 Å². The smallest absolute Gasteiger partial charge is 0.258 e. The van der Waals surface area contributed by atoms with Crippen LogP contribution in [0.25, 0.3) is 10.8 Å². The third-order valence-corrected chi connectivity index (χ3v) is 3.43. The summed E-state index contributed by atoms with van der Waals surface area (Å²) in [5, 5.41) is 4.63. The number of anilines is 1. The summed E-state index contributed by atoms with van der Waals surface area (Å²) >= 11 is 0. The van der Waals surface area contributed by atoms with Crippen molar-refractivity contribution in [1.29, 1.82) is 0 Å². The maximum Gasteiger partial charge on any atom is 0.258 e. The van der Waals surface area contributed by atoms with Crippen LogP contribution >= 0.6 is 0 Å². The van der Waals surface area contributed by atoms with Crippen molar-refractivity contribution >= 4 is 16.5 Å². The number of benzene rings is 2. The Labute approximate surface area is 121 Å². The van der Waals surface area contributed by atoms with E-state index in [2.05, 4.69) is 5.32 Å². The van der Waals surface area contributed by atoms with Gasteiger partial charge in [-0.3, -0.25) is 4.79 Å². The van der Waals surface area contributed by atoms with Crippen molar-refractivity contribution in [3.8, 4) is 0 Å². The second-order valence-corrected chi connectivity index (χ2v) is 4.81. The lowest BCUT2D eigenvalue weighted by Crippen LogP contribution is -2.23. The Kier molecular flexibility index (Phi) is 3.69. The van der Waals surface area contributed by atoms with E-state index >= 15 is 0 Å². The molecule has 1 aromatic heterocycles. The normalized spacial score (nSPS) is 10.7. The Bertz CT molecular complexity index is 826. The number of hydrogen-bond acceptors (Lipinski definition) is 2. The van der Waals surface area contributed by atoms with Gasteiger partial charge in [-0.15, -0.1) is 0 Å². The van der Waals surface area contributed by atoms with Crippen molar-refractivity contribution in [3.63, 3.8) is 0 Å². The number of halogens is 1. The van der Waals surface area contributed by atoms with Crippen LogP contribution in [-0.4, -0.2) is 11.1 Å². The average molecular weight is 282 g/mol. The Balaban J connectivity index is 1.76. The quantitative estimate of drug-likeness (QED) is 0.797. The van der Waals surface area contributed by atoms with Gasteiger partial charge in [-0.2, -0.15) is 0 Å². The van der Waals surface area contributed by atoms with Gasteiger partial charge in [0.1, 0.15) is 5.82 Å². The second kappa shape index (κ2) is 5.79. The molecule has 0 saturated heterocycles. The molecular formula is C17H15FN2O. The zero-order valence-corrected chi connectivity index (χ0v) is 11.4. The molecule has 0 spiro atoms. The van der Waals surface area contributed by atoms with Crippen LogP contribution in [0.15, 0.2) is 65.6 Å². The van der Waals surface area contributed by atoms with Gasteiger partial charge in [-0.25, -0.2) is 4.39 Å². The lowest BCUT2D eigenvalue weighted by Gasteiger charge is -2.10. The van der Waals surface area contributed by atoms with E-state index < -0.39 is 0 Å². The fourth-order valence-corrected chi connectivity index (χ4v) is 2.32. The molecule has 4 heteroatoms. The molecule has 106 valence electrons. The molecule has 21 heavy (non-hydrogen) atoms. The molecule has 2 aromatic carbocycles. The van der Waals surface area contributed by atoms with E-state index in [4.69, 9.17) is 0 Å². The predicted octanol–water partition coefficient (Wildman–Crippen LogP) is 3.25. The minimum atomic E-state index is -0.289. The summed E-state index contributed by atoms with van der Waals surface area (Å²) < 4.78 is 15.1. The van der Waals surface area contributed by atoms with E-state index in [0.29, 0.717) is 24.2 Å². The number of rotatable bonds is 4. The molecule has 1 N–H and O–H groups in total. The largest absolute Gasteiger partial charge is 0.381 e. The molecule has 3 aromatic rings. The molecule has 0 aliphatic rings. The zero-order valence-electron chi connectivity index (χ0n) is 11.4. The topological polar surface area (TPSA) is 34.0 Å². The molecule has 1 heterocycles. The van der Waals surface area contributed by atoms with Crippen LogP contribution in [0.5, 0.6) is 0 Å². The Morgan fingerprint density at radius 3 is 2.62 bits per heavy atom.